The average Bonchev–Trinajstić information content (AvgIpc) is 3.54. The summed E-state index contributed by atoms with van der Waals surface area (Å²) in [4.78, 5) is 21.5. The van der Waals surface area contributed by atoms with Crippen molar-refractivity contribution >= 4 is 40.7 Å². The first-order chi connectivity index (χ1) is 16.4. The van der Waals surface area contributed by atoms with Crippen molar-refractivity contribution in [1.29, 1.82) is 0 Å². The van der Waals surface area contributed by atoms with Crippen molar-refractivity contribution in [2.45, 2.75) is 26.9 Å². The molecule has 0 saturated heterocycles. The van der Waals surface area contributed by atoms with E-state index in [4.69, 9.17) is 23.2 Å². The Bertz CT molecular complexity index is 1520. The van der Waals surface area contributed by atoms with Crippen LogP contribution < -0.4 is 5.32 Å². The van der Waals surface area contributed by atoms with Crippen molar-refractivity contribution in [3.63, 3.8) is 0 Å². The van der Waals surface area contributed by atoms with Gasteiger partial charge in [0.2, 0.25) is 5.95 Å². The van der Waals surface area contributed by atoms with E-state index in [0.29, 0.717) is 27.8 Å². The lowest BCUT2D eigenvalue weighted by molar-refractivity contribution is 0.102. The van der Waals surface area contributed by atoms with Crippen LogP contribution >= 0.6 is 23.2 Å². The van der Waals surface area contributed by atoms with E-state index in [1.807, 2.05) is 36.9 Å². The van der Waals surface area contributed by atoms with Gasteiger partial charge in [0.15, 0.2) is 5.65 Å². The molecule has 0 spiro atoms. The van der Waals surface area contributed by atoms with Crippen molar-refractivity contribution in [2.24, 2.45) is 0 Å². The van der Waals surface area contributed by atoms with E-state index in [0.717, 1.165) is 29.1 Å². The minimum absolute atomic E-state index is 0.167. The van der Waals surface area contributed by atoms with E-state index in [-0.39, 0.29) is 5.95 Å². The number of halogens is 2. The maximum atomic E-state index is 13.0. The number of aromatic nitrogens is 8. The fourth-order valence-electron chi connectivity index (χ4n) is 3.61. The molecule has 1 N–H and O–H groups in total. The summed E-state index contributed by atoms with van der Waals surface area (Å²) in [5.41, 5.74) is 4.22. The third-order valence-corrected chi connectivity index (χ3v) is 6.02. The molecule has 0 radical (unpaired) electrons. The number of rotatable bonds is 6. The highest BCUT2D eigenvalue weighted by atomic mass is 35.5. The van der Waals surface area contributed by atoms with Gasteiger partial charge in [-0.3, -0.25) is 14.8 Å². The number of nitrogens with one attached hydrogen (secondary N) is 1. The van der Waals surface area contributed by atoms with Gasteiger partial charge in [-0.15, -0.1) is 5.10 Å². The molecule has 0 unspecified atom stereocenters. The van der Waals surface area contributed by atoms with Crippen LogP contribution in [-0.4, -0.2) is 45.1 Å². The van der Waals surface area contributed by atoms with Gasteiger partial charge in [-0.05, 0) is 37.6 Å². The van der Waals surface area contributed by atoms with Gasteiger partial charge in [0.25, 0.3) is 5.91 Å². The van der Waals surface area contributed by atoms with Gasteiger partial charge in [-0.2, -0.15) is 10.2 Å². The molecule has 0 bridgehead atoms. The van der Waals surface area contributed by atoms with Crippen LogP contribution in [0, 0.1) is 6.92 Å². The van der Waals surface area contributed by atoms with Gasteiger partial charge in [0.1, 0.15) is 11.9 Å². The Morgan fingerprint density at radius 1 is 1.09 bits per heavy atom. The van der Waals surface area contributed by atoms with E-state index < -0.39 is 5.91 Å². The maximum Gasteiger partial charge on any atom is 0.263 e. The molecule has 34 heavy (non-hydrogen) atoms. The molecule has 1 amide bonds. The summed E-state index contributed by atoms with van der Waals surface area (Å²) in [7, 11) is 0. The lowest BCUT2D eigenvalue weighted by Gasteiger charge is -2.04. The average molecular weight is 496 g/mol. The normalized spacial score (nSPS) is 11.3. The second-order valence-corrected chi connectivity index (χ2v) is 8.39. The van der Waals surface area contributed by atoms with Crippen LogP contribution in [0.1, 0.15) is 28.5 Å². The predicted molar refractivity (Wildman–Crippen MR) is 128 cm³/mol. The third kappa shape index (κ3) is 4.13. The summed E-state index contributed by atoms with van der Waals surface area (Å²) in [6.07, 6.45) is 6.61. The maximum absolute atomic E-state index is 13.0. The number of hydrogen-bond acceptors (Lipinski definition) is 6. The highest BCUT2D eigenvalue weighted by Crippen LogP contribution is 2.25. The molecule has 1 aromatic carbocycles. The van der Waals surface area contributed by atoms with E-state index in [2.05, 4.69) is 30.6 Å². The molecule has 5 rings (SSSR count). The highest BCUT2D eigenvalue weighted by Gasteiger charge is 2.19. The number of carbonyl (C=O) groups is 1. The Kier molecular flexibility index (Phi) is 5.76. The highest BCUT2D eigenvalue weighted by molar-refractivity contribution is 6.42. The minimum Gasteiger partial charge on any atom is -0.289 e. The smallest absolute Gasteiger partial charge is 0.263 e. The zero-order valence-corrected chi connectivity index (χ0v) is 19.8. The lowest BCUT2D eigenvalue weighted by atomic mass is 10.2. The largest absolute Gasteiger partial charge is 0.289 e. The molecule has 0 aliphatic carbocycles. The molecule has 4 heterocycles. The number of carbonyl (C=O) groups excluding carboxylic acids is 1. The topological polar surface area (TPSA) is 108 Å². The molecule has 12 heteroatoms. The molecule has 10 nitrogen and oxygen atoms in total. The first kappa shape index (κ1) is 22.1. The summed E-state index contributed by atoms with van der Waals surface area (Å²) < 4.78 is 5.08. The van der Waals surface area contributed by atoms with Crippen molar-refractivity contribution in [2.75, 3.05) is 5.32 Å². The summed E-state index contributed by atoms with van der Waals surface area (Å²) in [5.74, 6) is -0.242. The van der Waals surface area contributed by atoms with Crippen molar-refractivity contribution in [3.05, 3.63) is 76.0 Å². The number of amides is 1. The standard InChI is InChI=1S/C22H19Cl2N9O/c1-3-31-11-16(13(2)29-31)19-6-7-25-20-15(9-27-33(19)20)21(34)28-22-26-12-32(30-22)10-14-4-5-17(23)18(24)8-14/h4-9,11-12H,3,10H2,1-2H3,(H,28,30,34). The zero-order chi connectivity index (χ0) is 23.8. The number of aryl methyl sites for hydroxylation is 2. The Labute approximate surface area is 204 Å². The Balaban J connectivity index is 1.37. The van der Waals surface area contributed by atoms with Gasteiger partial charge in [-0.25, -0.2) is 19.2 Å². The molecule has 4 aromatic heterocycles. The van der Waals surface area contributed by atoms with Gasteiger partial charge in [0, 0.05) is 24.5 Å². The molecule has 0 aliphatic rings. The molecular formula is C22H19Cl2N9O. The van der Waals surface area contributed by atoms with Gasteiger partial charge in [-0.1, -0.05) is 29.3 Å². The Morgan fingerprint density at radius 3 is 2.71 bits per heavy atom. The number of anilines is 1. The van der Waals surface area contributed by atoms with Crippen molar-refractivity contribution in [3.8, 4) is 11.3 Å². The van der Waals surface area contributed by atoms with E-state index in [1.165, 1.54) is 12.5 Å². The van der Waals surface area contributed by atoms with Crippen LogP contribution in [-0.2, 0) is 13.1 Å². The van der Waals surface area contributed by atoms with Gasteiger partial charge >= 0.3 is 0 Å². The first-order valence-corrected chi connectivity index (χ1v) is 11.2. The first-order valence-electron chi connectivity index (χ1n) is 10.4. The van der Waals surface area contributed by atoms with Crippen LogP contribution in [0.4, 0.5) is 5.95 Å². The summed E-state index contributed by atoms with van der Waals surface area (Å²) in [6, 6.07) is 7.18. The van der Waals surface area contributed by atoms with Gasteiger partial charge < -0.3 is 0 Å². The fraction of sp³-hybridized carbons (Fsp3) is 0.182. The summed E-state index contributed by atoms with van der Waals surface area (Å²) in [5, 5.41) is 16.9. The number of fused-ring (bicyclic) bond motifs is 1. The van der Waals surface area contributed by atoms with Crippen LogP contribution in [0.25, 0.3) is 16.9 Å². The zero-order valence-electron chi connectivity index (χ0n) is 18.3. The van der Waals surface area contributed by atoms with E-state index in [1.54, 1.807) is 27.5 Å². The Hall–Kier alpha value is -3.76. The Morgan fingerprint density at radius 2 is 1.94 bits per heavy atom. The van der Waals surface area contributed by atoms with Crippen LogP contribution in [0.2, 0.25) is 10.0 Å². The lowest BCUT2D eigenvalue weighted by Crippen LogP contribution is -2.14. The second-order valence-electron chi connectivity index (χ2n) is 7.58. The van der Waals surface area contributed by atoms with E-state index in [9.17, 15) is 4.79 Å². The molecule has 172 valence electrons. The molecular weight excluding hydrogens is 477 g/mol. The van der Waals surface area contributed by atoms with Crippen molar-refractivity contribution < 1.29 is 4.79 Å². The number of benzene rings is 1. The summed E-state index contributed by atoms with van der Waals surface area (Å²) in [6.45, 7) is 5.14. The molecule has 5 aromatic rings. The molecule has 0 fully saturated rings. The SMILES string of the molecule is CCn1cc(-c2ccnc3c(C(=O)Nc4ncn(Cc5ccc(Cl)c(Cl)c5)n4)cnn23)c(C)n1. The van der Waals surface area contributed by atoms with Crippen molar-refractivity contribution in [1.82, 2.24) is 39.1 Å². The third-order valence-electron chi connectivity index (χ3n) is 5.28. The second kappa shape index (κ2) is 8.88. The minimum atomic E-state index is -0.409. The number of hydrogen-bond donors (Lipinski definition) is 1. The fourth-order valence-corrected chi connectivity index (χ4v) is 3.93. The van der Waals surface area contributed by atoms with Crippen LogP contribution in [0.5, 0.6) is 0 Å². The van der Waals surface area contributed by atoms with Crippen LogP contribution in [0.15, 0.2) is 49.2 Å². The molecule has 0 atom stereocenters. The molecule has 0 aliphatic heterocycles. The van der Waals surface area contributed by atoms with E-state index >= 15 is 0 Å². The number of nitrogens with zero attached hydrogens (tertiary/aromatic N) is 8. The summed E-state index contributed by atoms with van der Waals surface area (Å²) >= 11 is 12.0. The van der Waals surface area contributed by atoms with Gasteiger partial charge in [0.05, 0.1) is 34.2 Å². The quantitative estimate of drug-likeness (QED) is 0.379. The monoisotopic (exact) mass is 495 g/mol. The predicted octanol–water partition coefficient (Wildman–Crippen LogP) is 4.12. The molecule has 0 saturated carbocycles. The van der Waals surface area contributed by atoms with Crippen LogP contribution in [0.3, 0.4) is 0 Å².